The van der Waals surface area contributed by atoms with Crippen LogP contribution in [0.3, 0.4) is 0 Å². The zero-order valence-electron chi connectivity index (χ0n) is 18.3. The van der Waals surface area contributed by atoms with Gasteiger partial charge in [0.2, 0.25) is 0 Å². The van der Waals surface area contributed by atoms with E-state index in [-0.39, 0.29) is 0 Å². The maximum atomic E-state index is 12.5. The fraction of sp³-hybridized carbons (Fsp3) is 0.208. The van der Waals surface area contributed by atoms with Crippen molar-refractivity contribution in [3.63, 3.8) is 0 Å². The van der Waals surface area contributed by atoms with Crippen molar-refractivity contribution < 1.29 is 18.7 Å². The number of hydrogen-bond acceptors (Lipinski definition) is 6. The maximum absolute atomic E-state index is 12.5. The second-order valence-corrected chi connectivity index (χ2v) is 8.30. The summed E-state index contributed by atoms with van der Waals surface area (Å²) in [7, 11) is 1.63. The van der Waals surface area contributed by atoms with Gasteiger partial charge < -0.3 is 19.0 Å². The minimum atomic E-state index is -0.807. The molecule has 8 nitrogen and oxygen atoms in total. The topological polar surface area (TPSA) is 87.4 Å². The molecule has 0 aliphatic carbocycles. The molecular weight excluding hydrogens is 479 g/mol. The Morgan fingerprint density at radius 2 is 1.79 bits per heavy atom. The molecule has 3 aromatic rings. The zero-order valence-corrected chi connectivity index (χ0v) is 19.8. The first-order valence-corrected chi connectivity index (χ1v) is 11.3. The van der Waals surface area contributed by atoms with Crippen LogP contribution in [0.15, 0.2) is 64.1 Å². The van der Waals surface area contributed by atoms with Gasteiger partial charge in [0.25, 0.3) is 0 Å². The molecule has 0 bridgehead atoms. The van der Waals surface area contributed by atoms with Crippen molar-refractivity contribution in [1.82, 2.24) is 10.3 Å². The summed E-state index contributed by atoms with van der Waals surface area (Å²) in [6.07, 6.45) is 1.33. The molecule has 1 aromatic heterocycles. The van der Waals surface area contributed by atoms with Gasteiger partial charge in [-0.15, -0.1) is 0 Å². The number of carbonyl (C=O) groups is 2. The van der Waals surface area contributed by atoms with E-state index in [0.717, 1.165) is 17.0 Å². The van der Waals surface area contributed by atoms with Crippen LogP contribution in [0.2, 0.25) is 10.0 Å². The van der Waals surface area contributed by atoms with Crippen LogP contribution in [-0.4, -0.2) is 56.2 Å². The standard InChI is InChI=1S/C24H22Cl2N4O4/c1-33-22-5-3-2-4-20(22)29-10-12-30(13-11-29)24(32)23(31)28-27-15-17-7-9-21(34-17)16-6-8-18(25)19(26)14-16/h2-9,14-15H,10-13H2,1H3,(H,28,31)/b27-15+. The summed E-state index contributed by atoms with van der Waals surface area (Å²) >= 11 is 12.0. The second kappa shape index (κ2) is 10.6. The highest BCUT2D eigenvalue weighted by molar-refractivity contribution is 6.42. The fourth-order valence-electron chi connectivity index (χ4n) is 3.61. The summed E-state index contributed by atoms with van der Waals surface area (Å²) < 4.78 is 11.1. The van der Waals surface area contributed by atoms with Crippen LogP contribution in [0.4, 0.5) is 5.69 Å². The molecule has 0 unspecified atom stereocenters. The van der Waals surface area contributed by atoms with E-state index < -0.39 is 11.8 Å². The quantitative estimate of drug-likeness (QED) is 0.324. The van der Waals surface area contributed by atoms with E-state index in [4.69, 9.17) is 32.4 Å². The number of nitrogens with zero attached hydrogens (tertiary/aromatic N) is 3. The normalized spacial score (nSPS) is 13.9. The van der Waals surface area contributed by atoms with Crippen molar-refractivity contribution in [3.8, 4) is 17.1 Å². The molecule has 1 aliphatic heterocycles. The summed E-state index contributed by atoms with van der Waals surface area (Å²) in [6.45, 7) is 2.01. The number of hydrogen-bond donors (Lipinski definition) is 1. The highest BCUT2D eigenvalue weighted by Crippen LogP contribution is 2.30. The highest BCUT2D eigenvalue weighted by Gasteiger charge is 2.26. The predicted molar refractivity (Wildman–Crippen MR) is 132 cm³/mol. The van der Waals surface area contributed by atoms with Crippen LogP contribution >= 0.6 is 23.2 Å². The van der Waals surface area contributed by atoms with Gasteiger partial charge in [0, 0.05) is 31.7 Å². The van der Waals surface area contributed by atoms with E-state index in [9.17, 15) is 9.59 Å². The average Bonchev–Trinajstić information content (AvgIpc) is 3.34. The lowest BCUT2D eigenvalue weighted by molar-refractivity contribution is -0.146. The Hall–Kier alpha value is -3.49. The smallest absolute Gasteiger partial charge is 0.329 e. The van der Waals surface area contributed by atoms with E-state index >= 15 is 0 Å². The minimum absolute atomic E-state index is 0.402. The third kappa shape index (κ3) is 5.35. The van der Waals surface area contributed by atoms with Gasteiger partial charge >= 0.3 is 11.8 Å². The van der Waals surface area contributed by atoms with Crippen molar-refractivity contribution in [2.45, 2.75) is 0 Å². The van der Waals surface area contributed by atoms with Gasteiger partial charge in [0.05, 0.1) is 29.1 Å². The van der Waals surface area contributed by atoms with Crippen LogP contribution in [-0.2, 0) is 9.59 Å². The predicted octanol–water partition coefficient (Wildman–Crippen LogP) is 4.06. The van der Waals surface area contributed by atoms with Crippen LogP contribution in [0.25, 0.3) is 11.3 Å². The Kier molecular flexibility index (Phi) is 7.40. The monoisotopic (exact) mass is 500 g/mol. The first kappa shape index (κ1) is 23.7. The summed E-state index contributed by atoms with van der Waals surface area (Å²) in [5, 5.41) is 4.71. The van der Waals surface area contributed by atoms with Gasteiger partial charge in [0.15, 0.2) is 0 Å². The number of amides is 2. The first-order valence-electron chi connectivity index (χ1n) is 10.5. The molecule has 1 N–H and O–H groups in total. The molecular formula is C24H22Cl2N4O4. The molecule has 2 aromatic carbocycles. The Morgan fingerprint density at radius 1 is 1.03 bits per heavy atom. The summed E-state index contributed by atoms with van der Waals surface area (Å²) in [4.78, 5) is 28.4. The van der Waals surface area contributed by atoms with Gasteiger partial charge in [-0.2, -0.15) is 5.10 Å². The molecule has 0 radical (unpaired) electrons. The van der Waals surface area contributed by atoms with E-state index in [1.807, 2.05) is 24.3 Å². The SMILES string of the molecule is COc1ccccc1N1CCN(C(=O)C(=O)N/N=C/c2ccc(-c3ccc(Cl)c(Cl)c3)o2)CC1. The van der Waals surface area contributed by atoms with Crippen molar-refractivity contribution in [2.24, 2.45) is 5.10 Å². The number of ether oxygens (including phenoxy) is 1. The number of benzene rings is 2. The van der Waals surface area contributed by atoms with Crippen LogP contribution in [0, 0.1) is 0 Å². The molecule has 2 amide bonds. The number of para-hydroxylation sites is 2. The zero-order chi connectivity index (χ0) is 24.1. The first-order chi connectivity index (χ1) is 16.5. The molecule has 4 rings (SSSR count). The highest BCUT2D eigenvalue weighted by atomic mass is 35.5. The molecule has 176 valence electrons. The lowest BCUT2D eigenvalue weighted by atomic mass is 10.2. The van der Waals surface area contributed by atoms with E-state index in [0.29, 0.717) is 47.7 Å². The van der Waals surface area contributed by atoms with E-state index in [2.05, 4.69) is 15.4 Å². The third-order valence-corrected chi connectivity index (χ3v) is 6.11. The number of hydrazone groups is 1. The van der Waals surface area contributed by atoms with Gasteiger partial charge in [-0.3, -0.25) is 9.59 Å². The molecule has 34 heavy (non-hydrogen) atoms. The van der Waals surface area contributed by atoms with Crippen LogP contribution < -0.4 is 15.1 Å². The number of rotatable bonds is 5. The van der Waals surface area contributed by atoms with Crippen molar-refractivity contribution in [3.05, 3.63) is 70.4 Å². The number of anilines is 1. The number of carbonyl (C=O) groups excluding carboxylic acids is 2. The van der Waals surface area contributed by atoms with E-state index in [1.165, 1.54) is 11.1 Å². The van der Waals surface area contributed by atoms with Gasteiger partial charge in [-0.25, -0.2) is 5.43 Å². The molecule has 0 atom stereocenters. The minimum Gasteiger partial charge on any atom is -0.495 e. The number of furan rings is 1. The third-order valence-electron chi connectivity index (χ3n) is 5.38. The molecule has 2 heterocycles. The van der Waals surface area contributed by atoms with Gasteiger partial charge in [0.1, 0.15) is 17.3 Å². The molecule has 0 spiro atoms. The summed E-state index contributed by atoms with van der Waals surface area (Å²) in [6, 6.07) is 16.3. The van der Waals surface area contributed by atoms with Crippen molar-refractivity contribution >= 4 is 46.9 Å². The van der Waals surface area contributed by atoms with Gasteiger partial charge in [-0.05, 0) is 42.5 Å². The number of methoxy groups -OCH3 is 1. The molecule has 10 heteroatoms. The van der Waals surface area contributed by atoms with Crippen molar-refractivity contribution in [2.75, 3.05) is 38.2 Å². The second-order valence-electron chi connectivity index (χ2n) is 7.48. The Morgan fingerprint density at radius 3 is 2.53 bits per heavy atom. The largest absolute Gasteiger partial charge is 0.495 e. The molecule has 0 saturated carbocycles. The van der Waals surface area contributed by atoms with E-state index in [1.54, 1.807) is 37.4 Å². The number of nitrogens with one attached hydrogen (secondary N) is 1. The summed E-state index contributed by atoms with van der Waals surface area (Å²) in [5.41, 5.74) is 3.98. The Labute approximate surface area is 206 Å². The molecule has 1 saturated heterocycles. The van der Waals surface area contributed by atoms with Crippen LogP contribution in [0.5, 0.6) is 5.75 Å². The van der Waals surface area contributed by atoms with Crippen LogP contribution in [0.1, 0.15) is 5.76 Å². The Balaban J connectivity index is 1.29. The number of halogens is 2. The van der Waals surface area contributed by atoms with Gasteiger partial charge in [-0.1, -0.05) is 35.3 Å². The average molecular weight is 501 g/mol. The lowest BCUT2D eigenvalue weighted by Gasteiger charge is -2.36. The number of piperazine rings is 1. The Bertz CT molecular complexity index is 1220. The van der Waals surface area contributed by atoms with Crippen molar-refractivity contribution in [1.29, 1.82) is 0 Å². The lowest BCUT2D eigenvalue weighted by Crippen LogP contribution is -2.52. The summed E-state index contributed by atoms with van der Waals surface area (Å²) in [5.74, 6) is 0.301. The maximum Gasteiger partial charge on any atom is 0.329 e. The molecule has 1 fully saturated rings. The molecule has 1 aliphatic rings. The fourth-order valence-corrected chi connectivity index (χ4v) is 3.91.